The number of aromatic nitrogens is 2. The van der Waals surface area contributed by atoms with Crippen molar-refractivity contribution in [2.75, 3.05) is 13.1 Å². The van der Waals surface area contributed by atoms with Crippen LogP contribution in [0.3, 0.4) is 0 Å². The highest BCUT2D eigenvalue weighted by Crippen LogP contribution is 2.25. The third-order valence-corrected chi connectivity index (χ3v) is 4.59. The fraction of sp³-hybridized carbons (Fsp3) is 0.167. The van der Waals surface area contributed by atoms with E-state index < -0.39 is 0 Å². The van der Waals surface area contributed by atoms with E-state index in [9.17, 15) is 9.18 Å². The van der Waals surface area contributed by atoms with E-state index in [2.05, 4.69) is 5.10 Å². The molecule has 7 heteroatoms. The van der Waals surface area contributed by atoms with Gasteiger partial charge >= 0.3 is 0 Å². The minimum absolute atomic E-state index is 0.192. The molecule has 0 N–H and O–H groups in total. The number of halogens is 1. The monoisotopic (exact) mass is 413 g/mol. The van der Waals surface area contributed by atoms with E-state index in [1.165, 1.54) is 23.1 Å². The highest BCUT2D eigenvalue weighted by molar-refractivity contribution is 5.93. The largest absolute Gasteiger partial charge is 0.337 e. The topological polar surface area (TPSA) is 85.7 Å². The van der Waals surface area contributed by atoms with Gasteiger partial charge in [0.05, 0.1) is 36.4 Å². The second-order valence-corrected chi connectivity index (χ2v) is 6.69. The maximum absolute atomic E-state index is 13.4. The molecule has 3 aromatic rings. The van der Waals surface area contributed by atoms with Crippen LogP contribution in [0.5, 0.6) is 0 Å². The normalized spacial score (nSPS) is 10.5. The molecule has 0 saturated heterocycles. The Morgan fingerprint density at radius 3 is 2.29 bits per heavy atom. The molecule has 0 spiro atoms. The van der Waals surface area contributed by atoms with Crippen LogP contribution in [-0.4, -0.2) is 33.7 Å². The molecule has 0 unspecified atom stereocenters. The quantitative estimate of drug-likeness (QED) is 0.514. The van der Waals surface area contributed by atoms with E-state index in [4.69, 9.17) is 10.5 Å². The molecule has 0 aliphatic rings. The molecule has 6 nitrogen and oxygen atoms in total. The van der Waals surface area contributed by atoms with Gasteiger partial charge in [-0.25, -0.2) is 9.07 Å². The van der Waals surface area contributed by atoms with Gasteiger partial charge < -0.3 is 4.90 Å². The van der Waals surface area contributed by atoms with Crippen LogP contribution < -0.4 is 0 Å². The molecule has 1 aromatic heterocycles. The molecule has 0 aliphatic carbocycles. The Labute approximate surface area is 180 Å². The molecule has 3 rings (SSSR count). The molecule has 1 heterocycles. The van der Waals surface area contributed by atoms with Crippen molar-refractivity contribution in [3.05, 3.63) is 78.3 Å². The molecule has 0 atom stereocenters. The first-order valence-corrected chi connectivity index (χ1v) is 9.74. The molecule has 2 aromatic carbocycles. The Morgan fingerprint density at radius 2 is 1.68 bits per heavy atom. The maximum Gasteiger partial charge on any atom is 0.246 e. The minimum Gasteiger partial charge on any atom is -0.337 e. The molecule has 0 bridgehead atoms. The number of hydrogen-bond acceptors (Lipinski definition) is 4. The Balaban J connectivity index is 1.93. The van der Waals surface area contributed by atoms with Crippen molar-refractivity contribution < 1.29 is 9.18 Å². The van der Waals surface area contributed by atoms with Crippen LogP contribution in [0.15, 0.2) is 66.9 Å². The van der Waals surface area contributed by atoms with E-state index in [1.807, 2.05) is 42.5 Å². The zero-order chi connectivity index (χ0) is 22.1. The lowest BCUT2D eigenvalue weighted by Gasteiger charge is -2.18. The molecule has 0 aliphatic heterocycles. The number of nitrogens with zero attached hydrogens (tertiary/aromatic N) is 5. The van der Waals surface area contributed by atoms with E-state index >= 15 is 0 Å². The average molecular weight is 413 g/mol. The number of carbonyl (C=O) groups excluding carboxylic acids is 1. The minimum atomic E-state index is -0.343. The predicted octanol–water partition coefficient (Wildman–Crippen LogP) is 4.35. The van der Waals surface area contributed by atoms with Crippen LogP contribution in [-0.2, 0) is 4.79 Å². The van der Waals surface area contributed by atoms with Crippen molar-refractivity contribution in [1.82, 2.24) is 14.7 Å². The lowest BCUT2D eigenvalue weighted by molar-refractivity contribution is -0.125. The molecule has 0 saturated carbocycles. The first kappa shape index (κ1) is 21.5. The Morgan fingerprint density at radius 1 is 1.03 bits per heavy atom. The van der Waals surface area contributed by atoms with Crippen LogP contribution in [0.4, 0.5) is 4.39 Å². The van der Waals surface area contributed by atoms with E-state index in [0.717, 1.165) is 5.69 Å². The highest BCUT2D eigenvalue weighted by Gasteiger charge is 2.13. The number of hydrogen-bond donors (Lipinski definition) is 0. The van der Waals surface area contributed by atoms with Crippen molar-refractivity contribution in [3.8, 4) is 29.1 Å². The fourth-order valence-corrected chi connectivity index (χ4v) is 3.02. The first-order chi connectivity index (χ1) is 15.1. The van der Waals surface area contributed by atoms with Gasteiger partial charge in [-0.3, -0.25) is 4.79 Å². The van der Waals surface area contributed by atoms with Crippen LogP contribution in [0.25, 0.3) is 23.0 Å². The summed E-state index contributed by atoms with van der Waals surface area (Å²) in [5.74, 6) is -0.632. The zero-order valence-electron chi connectivity index (χ0n) is 16.8. The molecule has 154 valence electrons. The smallest absolute Gasteiger partial charge is 0.246 e. The Hall–Kier alpha value is -4.23. The van der Waals surface area contributed by atoms with Crippen LogP contribution in [0, 0.1) is 28.5 Å². The van der Waals surface area contributed by atoms with Gasteiger partial charge in [0, 0.05) is 36.5 Å². The Bertz CT molecular complexity index is 1120. The second kappa shape index (κ2) is 10.5. The van der Waals surface area contributed by atoms with Gasteiger partial charge in [-0.2, -0.15) is 15.6 Å². The zero-order valence-corrected chi connectivity index (χ0v) is 16.8. The van der Waals surface area contributed by atoms with Crippen molar-refractivity contribution in [1.29, 1.82) is 10.5 Å². The summed E-state index contributed by atoms with van der Waals surface area (Å²) in [5.41, 5.74) is 2.85. The summed E-state index contributed by atoms with van der Waals surface area (Å²) in [5, 5.41) is 22.3. The maximum atomic E-state index is 13.4. The van der Waals surface area contributed by atoms with Crippen molar-refractivity contribution >= 4 is 12.0 Å². The molecule has 0 radical (unpaired) electrons. The molecule has 31 heavy (non-hydrogen) atoms. The molecular weight excluding hydrogens is 393 g/mol. The third kappa shape index (κ3) is 5.65. The summed E-state index contributed by atoms with van der Waals surface area (Å²) in [4.78, 5) is 14.1. The van der Waals surface area contributed by atoms with Crippen molar-refractivity contribution in [3.63, 3.8) is 0 Å². The van der Waals surface area contributed by atoms with Crippen LogP contribution in [0.2, 0.25) is 0 Å². The van der Waals surface area contributed by atoms with Gasteiger partial charge in [0.1, 0.15) is 5.82 Å². The van der Waals surface area contributed by atoms with Gasteiger partial charge in [0.25, 0.3) is 0 Å². The van der Waals surface area contributed by atoms with Crippen molar-refractivity contribution in [2.45, 2.75) is 12.8 Å². The SMILES string of the molecule is N#CCCN(CCC#N)C(=O)/C=C/c1cn(-c2ccccc2)nc1-c1ccc(F)cc1. The number of nitriles is 2. The number of rotatable bonds is 8. The summed E-state index contributed by atoms with van der Waals surface area (Å²) < 4.78 is 15.1. The van der Waals surface area contributed by atoms with Gasteiger partial charge in [-0.1, -0.05) is 18.2 Å². The van der Waals surface area contributed by atoms with E-state index in [-0.39, 0.29) is 37.7 Å². The predicted molar refractivity (Wildman–Crippen MR) is 115 cm³/mol. The lowest BCUT2D eigenvalue weighted by atomic mass is 10.1. The molecule has 0 fully saturated rings. The van der Waals surface area contributed by atoms with Gasteiger partial charge in [0.2, 0.25) is 5.91 Å². The average Bonchev–Trinajstić information content (AvgIpc) is 3.23. The first-order valence-electron chi connectivity index (χ1n) is 9.74. The van der Waals surface area contributed by atoms with E-state index in [0.29, 0.717) is 16.8 Å². The summed E-state index contributed by atoms with van der Waals surface area (Å²) in [6.45, 7) is 0.519. The summed E-state index contributed by atoms with van der Waals surface area (Å²) in [6.07, 6.45) is 5.25. The van der Waals surface area contributed by atoms with Gasteiger partial charge in [0.15, 0.2) is 0 Å². The summed E-state index contributed by atoms with van der Waals surface area (Å²) >= 11 is 0. The summed E-state index contributed by atoms with van der Waals surface area (Å²) in [6, 6.07) is 19.6. The second-order valence-electron chi connectivity index (χ2n) is 6.69. The summed E-state index contributed by atoms with van der Waals surface area (Å²) in [7, 11) is 0. The standard InChI is InChI=1S/C24H20FN5O/c25-21-11-8-19(9-12-21)24-20(18-30(28-24)22-6-2-1-3-7-22)10-13-23(31)29(16-4-14-26)17-5-15-27/h1-3,6-13,18H,4-5,16-17H2/b13-10+. The molecular formula is C24H20FN5O. The third-order valence-electron chi connectivity index (χ3n) is 4.59. The lowest BCUT2D eigenvalue weighted by Crippen LogP contribution is -2.31. The molecule has 1 amide bonds. The Kier molecular flexibility index (Phi) is 7.29. The number of benzene rings is 2. The number of para-hydroxylation sites is 1. The van der Waals surface area contributed by atoms with Crippen molar-refractivity contribution in [2.24, 2.45) is 0 Å². The highest BCUT2D eigenvalue weighted by atomic mass is 19.1. The van der Waals surface area contributed by atoms with Crippen LogP contribution >= 0.6 is 0 Å². The number of carbonyl (C=O) groups is 1. The number of amides is 1. The van der Waals surface area contributed by atoms with Crippen LogP contribution in [0.1, 0.15) is 18.4 Å². The van der Waals surface area contributed by atoms with E-state index in [1.54, 1.807) is 29.1 Å². The van der Waals surface area contributed by atoms with Gasteiger partial charge in [-0.15, -0.1) is 0 Å². The fourth-order valence-electron chi connectivity index (χ4n) is 3.02. The van der Waals surface area contributed by atoms with Gasteiger partial charge in [-0.05, 0) is 42.5 Å².